The van der Waals surface area contributed by atoms with Gasteiger partial charge in [-0.15, -0.1) is 0 Å². The highest BCUT2D eigenvalue weighted by Crippen LogP contribution is 2.60. The molecule has 1 fully saturated rings. The Hall–Kier alpha value is -1.31. The van der Waals surface area contributed by atoms with Gasteiger partial charge in [-0.25, -0.2) is 17.6 Å². The second-order valence-corrected chi connectivity index (χ2v) is 7.27. The van der Waals surface area contributed by atoms with Crippen LogP contribution in [0, 0.1) is 40.5 Å². The van der Waals surface area contributed by atoms with Gasteiger partial charge in [0.1, 0.15) is 11.1 Å². The van der Waals surface area contributed by atoms with Crippen molar-refractivity contribution in [1.82, 2.24) is 0 Å². The molecule has 2 rings (SSSR count). The Morgan fingerprint density at radius 1 is 1.12 bits per heavy atom. The van der Waals surface area contributed by atoms with Crippen LogP contribution < -0.4 is 0 Å². The van der Waals surface area contributed by atoms with E-state index in [9.17, 15) is 22.4 Å². The van der Waals surface area contributed by atoms with Crippen molar-refractivity contribution in [2.75, 3.05) is 0 Å². The molecule has 0 aromatic heterocycles. The Morgan fingerprint density at radius 3 is 2.04 bits per heavy atom. The Labute approximate surface area is 151 Å². The number of rotatable bonds is 5. The fourth-order valence-corrected chi connectivity index (χ4v) is 3.07. The molecule has 1 aromatic carbocycles. The highest BCUT2D eigenvalue weighted by atomic mass is 35.5. The zero-order chi connectivity index (χ0) is 19.1. The predicted molar refractivity (Wildman–Crippen MR) is 82.5 cm³/mol. The van der Waals surface area contributed by atoms with Crippen LogP contribution >= 0.6 is 23.2 Å². The molecular weight excluding hydrogens is 387 g/mol. The number of allylic oxidation sites excluding steroid dienone is 1. The highest BCUT2D eigenvalue weighted by Gasteiger charge is 2.61. The van der Waals surface area contributed by atoms with E-state index in [0.717, 1.165) is 0 Å². The van der Waals surface area contributed by atoms with Gasteiger partial charge in [0, 0.05) is 0 Å². The second kappa shape index (κ2) is 7.13. The summed E-state index contributed by atoms with van der Waals surface area (Å²) in [6.07, 6.45) is 1.45. The van der Waals surface area contributed by atoms with E-state index in [1.807, 2.05) is 0 Å². The molecule has 0 saturated heterocycles. The lowest BCUT2D eigenvalue weighted by Gasteiger charge is -2.11. The van der Waals surface area contributed by atoms with Crippen molar-refractivity contribution in [3.8, 4) is 0 Å². The van der Waals surface area contributed by atoms with Crippen molar-refractivity contribution < 1.29 is 32.2 Å². The fraction of sp³-hybridized carbons (Fsp3) is 0.438. The van der Waals surface area contributed by atoms with Crippen LogP contribution in [0.5, 0.6) is 0 Å². The first kappa shape index (κ1) is 20.0. The van der Waals surface area contributed by atoms with E-state index >= 15 is 0 Å². The average molecular weight is 401 g/mol. The van der Waals surface area contributed by atoms with Gasteiger partial charge in [0.15, 0.2) is 23.3 Å². The van der Waals surface area contributed by atoms with Gasteiger partial charge < -0.3 is 9.84 Å². The van der Waals surface area contributed by atoms with Crippen LogP contribution in [0.4, 0.5) is 17.6 Å². The smallest absolute Gasteiger partial charge is 0.310 e. The number of benzene rings is 1. The van der Waals surface area contributed by atoms with Crippen molar-refractivity contribution in [3.05, 3.63) is 45.0 Å². The van der Waals surface area contributed by atoms with Gasteiger partial charge in [-0.3, -0.25) is 4.79 Å². The maximum atomic E-state index is 13.8. The van der Waals surface area contributed by atoms with Gasteiger partial charge in [-0.1, -0.05) is 37.0 Å². The van der Waals surface area contributed by atoms with E-state index in [1.54, 1.807) is 13.8 Å². The normalized spacial score (nSPS) is 21.0. The molecule has 25 heavy (non-hydrogen) atoms. The first-order chi connectivity index (χ1) is 11.5. The van der Waals surface area contributed by atoms with Gasteiger partial charge in [-0.05, 0) is 17.4 Å². The molecule has 0 unspecified atom stereocenters. The quantitative estimate of drug-likeness (QED) is 0.453. The van der Waals surface area contributed by atoms with Crippen LogP contribution in [0.15, 0.2) is 10.6 Å². The molecule has 2 atom stereocenters. The molecule has 138 valence electrons. The Morgan fingerprint density at radius 2 is 1.60 bits per heavy atom. The maximum Gasteiger partial charge on any atom is 0.310 e. The minimum Gasteiger partial charge on any atom is -0.460 e. The molecule has 0 radical (unpaired) electrons. The van der Waals surface area contributed by atoms with Gasteiger partial charge in [0.25, 0.3) is 0 Å². The molecule has 1 aromatic rings. The van der Waals surface area contributed by atoms with Crippen LogP contribution in [-0.2, 0) is 22.7 Å². The summed E-state index contributed by atoms with van der Waals surface area (Å²) in [6.45, 7) is 1.28. The van der Waals surface area contributed by atoms with Gasteiger partial charge in [0.05, 0.1) is 23.7 Å². The monoisotopic (exact) mass is 400 g/mol. The topological polar surface area (TPSA) is 46.5 Å². The number of aliphatic hydroxyl groups excluding tert-OH is 1. The summed E-state index contributed by atoms with van der Waals surface area (Å²) >= 11 is 11.1. The standard InChI is InChI=1S/C16H14Cl2F4O3/c1-16(2)8(3-9(17)18)10(16)15(24)25-5-7-13(21)11(19)6(4-23)12(20)14(7)22/h3,8,10,23H,4-5H2,1-2H3/t8-,10+/m0/s1. The van der Waals surface area contributed by atoms with Gasteiger partial charge >= 0.3 is 5.97 Å². The third-order valence-electron chi connectivity index (χ3n) is 4.43. The van der Waals surface area contributed by atoms with Crippen LogP contribution in [0.25, 0.3) is 0 Å². The molecule has 1 aliphatic carbocycles. The lowest BCUT2D eigenvalue weighted by molar-refractivity contribution is -0.147. The minimum atomic E-state index is -1.73. The van der Waals surface area contributed by atoms with Crippen molar-refractivity contribution in [2.24, 2.45) is 17.3 Å². The number of esters is 1. The number of hydrogen-bond donors (Lipinski definition) is 1. The molecular formula is C16H14Cl2F4O3. The van der Waals surface area contributed by atoms with E-state index in [0.29, 0.717) is 0 Å². The largest absolute Gasteiger partial charge is 0.460 e. The van der Waals surface area contributed by atoms with Crippen LogP contribution in [-0.4, -0.2) is 11.1 Å². The van der Waals surface area contributed by atoms with Crippen molar-refractivity contribution in [3.63, 3.8) is 0 Å². The summed E-state index contributed by atoms with van der Waals surface area (Å²) in [4.78, 5) is 12.1. The number of ether oxygens (including phenoxy) is 1. The van der Waals surface area contributed by atoms with Crippen LogP contribution in [0.1, 0.15) is 25.0 Å². The molecule has 1 saturated carbocycles. The third-order valence-corrected chi connectivity index (χ3v) is 4.68. The molecule has 0 amide bonds. The van der Waals surface area contributed by atoms with E-state index in [1.165, 1.54) is 6.08 Å². The van der Waals surface area contributed by atoms with E-state index in [-0.39, 0.29) is 10.4 Å². The molecule has 9 heteroatoms. The average Bonchev–Trinajstić information content (AvgIpc) is 3.05. The Bertz CT molecular complexity index is 716. The van der Waals surface area contributed by atoms with Crippen LogP contribution in [0.3, 0.4) is 0 Å². The summed E-state index contributed by atoms with van der Waals surface area (Å²) in [5.41, 5.74) is -2.72. The van der Waals surface area contributed by atoms with Crippen molar-refractivity contribution in [1.29, 1.82) is 0 Å². The molecule has 1 aliphatic rings. The summed E-state index contributed by atoms with van der Waals surface area (Å²) < 4.78 is 59.7. The lowest BCUT2D eigenvalue weighted by Crippen LogP contribution is -2.14. The van der Waals surface area contributed by atoms with Crippen molar-refractivity contribution >= 4 is 29.2 Å². The fourth-order valence-electron chi connectivity index (χ4n) is 2.80. The molecule has 0 spiro atoms. The molecule has 3 nitrogen and oxygen atoms in total. The van der Waals surface area contributed by atoms with Crippen molar-refractivity contribution in [2.45, 2.75) is 27.1 Å². The van der Waals surface area contributed by atoms with E-state index < -0.39 is 64.9 Å². The number of hydrogen-bond acceptors (Lipinski definition) is 3. The van der Waals surface area contributed by atoms with E-state index in [4.69, 9.17) is 33.0 Å². The summed E-state index contributed by atoms with van der Waals surface area (Å²) in [5, 5.41) is 8.77. The number of carbonyl (C=O) groups is 1. The first-order valence-corrected chi connectivity index (χ1v) is 7.93. The second-order valence-electron chi connectivity index (χ2n) is 6.26. The number of halogens is 6. The molecule has 0 heterocycles. The third kappa shape index (κ3) is 3.64. The predicted octanol–water partition coefficient (Wildman–Crippen LogP) is 4.37. The highest BCUT2D eigenvalue weighted by molar-refractivity contribution is 6.55. The Balaban J connectivity index is 2.18. The molecule has 1 N–H and O–H groups in total. The summed E-state index contributed by atoms with van der Waals surface area (Å²) in [7, 11) is 0. The molecule has 0 bridgehead atoms. The van der Waals surface area contributed by atoms with E-state index in [2.05, 4.69) is 0 Å². The minimum absolute atomic E-state index is 0.0331. The first-order valence-electron chi connectivity index (χ1n) is 7.18. The van der Waals surface area contributed by atoms with Crippen LogP contribution in [0.2, 0.25) is 0 Å². The maximum absolute atomic E-state index is 13.8. The lowest BCUT2D eigenvalue weighted by atomic mass is 10.1. The number of carbonyl (C=O) groups excluding carboxylic acids is 1. The zero-order valence-corrected chi connectivity index (χ0v) is 14.7. The Kier molecular flexibility index (Phi) is 5.71. The number of aliphatic hydroxyl groups is 1. The SMILES string of the molecule is CC1(C)[C@@H](C=C(Cl)Cl)[C@@H]1C(=O)OCc1c(F)c(F)c(CO)c(F)c1F. The van der Waals surface area contributed by atoms with Gasteiger partial charge in [-0.2, -0.15) is 0 Å². The summed E-state index contributed by atoms with van der Waals surface area (Å²) in [5.74, 6) is -8.67. The zero-order valence-electron chi connectivity index (χ0n) is 13.2. The summed E-state index contributed by atoms with van der Waals surface area (Å²) in [6, 6.07) is 0. The molecule has 0 aliphatic heterocycles. The van der Waals surface area contributed by atoms with Gasteiger partial charge in [0.2, 0.25) is 0 Å².